The van der Waals surface area contributed by atoms with Gasteiger partial charge in [-0.25, -0.2) is 0 Å². The lowest BCUT2D eigenvalue weighted by Gasteiger charge is -2.29. The highest BCUT2D eigenvalue weighted by molar-refractivity contribution is 14.0. The molecule has 1 heterocycles. The summed E-state index contributed by atoms with van der Waals surface area (Å²) in [5.41, 5.74) is 1.23. The molecule has 0 amide bonds. The number of likely N-dealkylation sites (tertiary alicyclic amines) is 1. The molecule has 160 valence electrons. The molecule has 6 nitrogen and oxygen atoms in total. The van der Waals surface area contributed by atoms with E-state index >= 15 is 0 Å². The first-order chi connectivity index (χ1) is 13.1. The summed E-state index contributed by atoms with van der Waals surface area (Å²) in [6, 6.07) is 8.25. The van der Waals surface area contributed by atoms with Crippen molar-refractivity contribution in [1.29, 1.82) is 0 Å². The van der Waals surface area contributed by atoms with Crippen LogP contribution < -0.4 is 10.1 Å². The lowest BCUT2D eigenvalue weighted by atomic mass is 10.1. The van der Waals surface area contributed by atoms with Crippen LogP contribution in [0.3, 0.4) is 0 Å². The second-order valence-corrected chi connectivity index (χ2v) is 7.10. The normalized spacial score (nSPS) is 15.8. The molecule has 0 aromatic heterocycles. The third-order valence-electron chi connectivity index (χ3n) is 4.80. The second kappa shape index (κ2) is 14.0. The molecular formula is C21H37IN4O2. The largest absolute Gasteiger partial charge is 0.494 e. The number of aliphatic hydroxyl groups excluding tert-OH is 1. The van der Waals surface area contributed by atoms with Gasteiger partial charge in [-0.1, -0.05) is 12.1 Å². The number of piperidine rings is 1. The van der Waals surface area contributed by atoms with E-state index < -0.39 is 0 Å². The molecular weight excluding hydrogens is 467 g/mol. The highest BCUT2D eigenvalue weighted by atomic mass is 127. The molecule has 0 radical (unpaired) electrons. The predicted octanol–water partition coefficient (Wildman–Crippen LogP) is 2.95. The zero-order valence-corrected chi connectivity index (χ0v) is 19.9. The number of benzene rings is 1. The molecule has 1 aromatic carbocycles. The van der Waals surface area contributed by atoms with Gasteiger partial charge in [0, 0.05) is 39.8 Å². The van der Waals surface area contributed by atoms with Gasteiger partial charge in [0.25, 0.3) is 0 Å². The smallest absolute Gasteiger partial charge is 0.193 e. The Labute approximate surface area is 187 Å². The van der Waals surface area contributed by atoms with Gasteiger partial charge in [0.1, 0.15) is 5.75 Å². The fourth-order valence-electron chi connectivity index (χ4n) is 3.30. The summed E-state index contributed by atoms with van der Waals surface area (Å²) in [7, 11) is 2.07. The fraction of sp³-hybridized carbons (Fsp3) is 0.667. The molecule has 0 bridgehead atoms. The van der Waals surface area contributed by atoms with Crippen molar-refractivity contribution in [2.24, 2.45) is 4.99 Å². The van der Waals surface area contributed by atoms with Crippen LogP contribution in [0.2, 0.25) is 0 Å². The van der Waals surface area contributed by atoms with Crippen LogP contribution in [0.4, 0.5) is 0 Å². The van der Waals surface area contributed by atoms with Crippen molar-refractivity contribution in [3.05, 3.63) is 29.8 Å². The van der Waals surface area contributed by atoms with E-state index in [0.717, 1.165) is 70.2 Å². The van der Waals surface area contributed by atoms with E-state index in [1.807, 2.05) is 19.1 Å². The summed E-state index contributed by atoms with van der Waals surface area (Å²) < 4.78 is 5.51. The molecule has 0 aliphatic carbocycles. The summed E-state index contributed by atoms with van der Waals surface area (Å²) >= 11 is 0. The van der Waals surface area contributed by atoms with E-state index in [2.05, 4.69) is 41.2 Å². The molecule has 0 atom stereocenters. The van der Waals surface area contributed by atoms with E-state index in [4.69, 9.17) is 9.73 Å². The Bertz CT molecular complexity index is 560. The molecule has 1 fully saturated rings. The molecule has 2 rings (SSSR count). The van der Waals surface area contributed by atoms with Crippen LogP contribution in [-0.2, 0) is 6.54 Å². The second-order valence-electron chi connectivity index (χ2n) is 7.10. The first kappa shape index (κ1) is 25.0. The van der Waals surface area contributed by atoms with Crippen LogP contribution in [0.1, 0.15) is 38.7 Å². The highest BCUT2D eigenvalue weighted by Gasteiger charge is 2.16. The molecule has 1 saturated heterocycles. The maximum Gasteiger partial charge on any atom is 0.193 e. The number of halogens is 1. The molecule has 1 aliphatic rings. The standard InChI is InChI=1S/C21H36N4O2.HI/c1-4-22-21(23-13-6-14-25-15-11-19(26)12-16-25)24(3)17-18-7-9-20(10-8-18)27-5-2;/h7-10,19,26H,4-6,11-17H2,1-3H3,(H,22,23);1H. The molecule has 2 N–H and O–H groups in total. The van der Waals surface area contributed by atoms with E-state index in [0.29, 0.717) is 6.61 Å². The number of guanidine groups is 1. The van der Waals surface area contributed by atoms with Gasteiger partial charge in [0.2, 0.25) is 0 Å². The van der Waals surface area contributed by atoms with Crippen molar-refractivity contribution in [3.8, 4) is 5.75 Å². The zero-order chi connectivity index (χ0) is 19.5. The van der Waals surface area contributed by atoms with Crippen molar-refractivity contribution in [3.63, 3.8) is 0 Å². The Balaban J connectivity index is 0.00000392. The number of nitrogens with one attached hydrogen (secondary N) is 1. The van der Waals surface area contributed by atoms with Gasteiger partial charge in [-0.3, -0.25) is 4.99 Å². The zero-order valence-electron chi connectivity index (χ0n) is 17.6. The van der Waals surface area contributed by atoms with Gasteiger partial charge in [0.15, 0.2) is 5.96 Å². The average Bonchev–Trinajstić information content (AvgIpc) is 2.67. The van der Waals surface area contributed by atoms with E-state index in [1.165, 1.54) is 5.56 Å². The molecule has 0 saturated carbocycles. The Morgan fingerprint density at radius 3 is 2.54 bits per heavy atom. The minimum Gasteiger partial charge on any atom is -0.494 e. The summed E-state index contributed by atoms with van der Waals surface area (Å²) in [6.07, 6.45) is 2.74. The van der Waals surface area contributed by atoms with Gasteiger partial charge in [0.05, 0.1) is 12.7 Å². The monoisotopic (exact) mass is 504 g/mol. The molecule has 1 aliphatic heterocycles. The number of rotatable bonds is 9. The third-order valence-corrected chi connectivity index (χ3v) is 4.80. The van der Waals surface area contributed by atoms with E-state index in [1.54, 1.807) is 0 Å². The van der Waals surface area contributed by atoms with Gasteiger partial charge in [-0.15, -0.1) is 24.0 Å². The Morgan fingerprint density at radius 1 is 1.25 bits per heavy atom. The number of ether oxygens (including phenoxy) is 1. The molecule has 0 unspecified atom stereocenters. The van der Waals surface area contributed by atoms with Crippen molar-refractivity contribution in [2.45, 2.75) is 45.8 Å². The van der Waals surface area contributed by atoms with Gasteiger partial charge in [-0.2, -0.15) is 0 Å². The minimum atomic E-state index is -0.101. The van der Waals surface area contributed by atoms with Crippen LogP contribution >= 0.6 is 24.0 Å². The minimum absolute atomic E-state index is 0. The highest BCUT2D eigenvalue weighted by Crippen LogP contribution is 2.13. The number of aliphatic hydroxyl groups is 1. The summed E-state index contributed by atoms with van der Waals surface area (Å²) in [4.78, 5) is 9.38. The number of hydrogen-bond acceptors (Lipinski definition) is 4. The van der Waals surface area contributed by atoms with Crippen LogP contribution in [0.5, 0.6) is 5.75 Å². The average molecular weight is 504 g/mol. The van der Waals surface area contributed by atoms with Crippen molar-refractivity contribution in [1.82, 2.24) is 15.1 Å². The van der Waals surface area contributed by atoms with E-state index in [9.17, 15) is 5.11 Å². The quantitative estimate of drug-likeness (QED) is 0.235. The van der Waals surface area contributed by atoms with Crippen LogP contribution in [-0.4, -0.2) is 73.3 Å². The van der Waals surface area contributed by atoms with Gasteiger partial charge in [-0.05, 0) is 57.4 Å². The number of aliphatic imine (C=N–C) groups is 1. The predicted molar refractivity (Wildman–Crippen MR) is 127 cm³/mol. The SMILES string of the molecule is CCNC(=NCCCN1CCC(O)CC1)N(C)Cc1ccc(OCC)cc1.I. The van der Waals surface area contributed by atoms with Crippen LogP contribution in [0.15, 0.2) is 29.3 Å². The molecule has 1 aromatic rings. The molecule has 0 spiro atoms. The summed E-state index contributed by atoms with van der Waals surface area (Å²) in [5, 5.41) is 13.0. The lowest BCUT2D eigenvalue weighted by molar-refractivity contribution is 0.0824. The topological polar surface area (TPSA) is 60.3 Å². The lowest BCUT2D eigenvalue weighted by Crippen LogP contribution is -2.39. The van der Waals surface area contributed by atoms with Crippen molar-refractivity contribution >= 4 is 29.9 Å². The van der Waals surface area contributed by atoms with E-state index in [-0.39, 0.29) is 30.1 Å². The van der Waals surface area contributed by atoms with Gasteiger partial charge < -0.3 is 25.0 Å². The fourth-order valence-corrected chi connectivity index (χ4v) is 3.30. The first-order valence-corrected chi connectivity index (χ1v) is 10.2. The van der Waals surface area contributed by atoms with Crippen LogP contribution in [0, 0.1) is 0 Å². The van der Waals surface area contributed by atoms with Crippen molar-refractivity contribution in [2.75, 3.05) is 46.4 Å². The third kappa shape index (κ3) is 8.96. The van der Waals surface area contributed by atoms with Crippen LogP contribution in [0.25, 0.3) is 0 Å². The number of nitrogens with zero attached hydrogens (tertiary/aromatic N) is 3. The number of hydrogen-bond donors (Lipinski definition) is 2. The summed E-state index contributed by atoms with van der Waals surface area (Å²) in [5.74, 6) is 1.86. The Hall–Kier alpha value is -1.06. The molecule has 7 heteroatoms. The summed E-state index contributed by atoms with van der Waals surface area (Å²) in [6.45, 7) is 10.3. The Morgan fingerprint density at radius 2 is 1.93 bits per heavy atom. The van der Waals surface area contributed by atoms with Gasteiger partial charge >= 0.3 is 0 Å². The molecule has 28 heavy (non-hydrogen) atoms. The maximum absolute atomic E-state index is 9.59. The maximum atomic E-state index is 9.59. The first-order valence-electron chi connectivity index (χ1n) is 10.2. The van der Waals surface area contributed by atoms with Crippen molar-refractivity contribution < 1.29 is 9.84 Å². The Kier molecular flexibility index (Phi) is 12.5.